The molecule has 0 bridgehead atoms. The minimum atomic E-state index is -0.785. The number of amides is 1. The van der Waals surface area contributed by atoms with Crippen molar-refractivity contribution in [1.29, 1.82) is 0 Å². The maximum absolute atomic E-state index is 11.6. The van der Waals surface area contributed by atoms with Gasteiger partial charge in [0, 0.05) is 6.42 Å². The first kappa shape index (κ1) is 12.5. The molecule has 6 heteroatoms. The molecule has 0 aliphatic carbocycles. The quantitative estimate of drug-likeness (QED) is 0.543. The molecule has 0 aromatic carbocycles. The Morgan fingerprint density at radius 3 is 2.62 bits per heavy atom. The number of esters is 1. The van der Waals surface area contributed by atoms with Gasteiger partial charge in [0.1, 0.15) is 6.04 Å². The zero-order valence-electron chi connectivity index (χ0n) is 9.30. The van der Waals surface area contributed by atoms with Gasteiger partial charge in [-0.3, -0.25) is 4.90 Å². The molecule has 0 aromatic heterocycles. The van der Waals surface area contributed by atoms with E-state index in [1.54, 1.807) is 0 Å². The number of methoxy groups -OCH3 is 1. The number of aliphatic hydroxyl groups excluding tert-OH is 1. The second-order valence-electron chi connectivity index (χ2n) is 3.65. The average molecular weight is 229 g/mol. The molecule has 16 heavy (non-hydrogen) atoms. The minimum absolute atomic E-state index is 0.0614. The van der Waals surface area contributed by atoms with Crippen molar-refractivity contribution in [2.45, 2.75) is 25.5 Å². The standard InChI is InChI=1S/C10H15NO5/c1-6(2)16-10(14)11-5-7(12)4-8(11)9(13)15-3/h7-8,12H,1,4-5H2,2-3H3/t7-,8+/m1/s1. The van der Waals surface area contributed by atoms with Gasteiger partial charge in [-0.2, -0.15) is 0 Å². The summed E-state index contributed by atoms with van der Waals surface area (Å²) in [5.41, 5.74) is 0. The molecule has 0 radical (unpaired) electrons. The van der Waals surface area contributed by atoms with Gasteiger partial charge in [0.05, 0.1) is 25.5 Å². The van der Waals surface area contributed by atoms with E-state index >= 15 is 0 Å². The van der Waals surface area contributed by atoms with E-state index < -0.39 is 24.2 Å². The molecule has 0 saturated carbocycles. The number of β-amino-alcohol motifs (C(OH)–C–C–N with tert-alkyl or cyclic N) is 1. The number of hydrogen-bond donors (Lipinski definition) is 1. The number of hydrogen-bond acceptors (Lipinski definition) is 5. The van der Waals surface area contributed by atoms with Gasteiger partial charge in [-0.05, 0) is 6.92 Å². The van der Waals surface area contributed by atoms with Gasteiger partial charge in [0.2, 0.25) is 0 Å². The van der Waals surface area contributed by atoms with Crippen molar-refractivity contribution in [3.05, 3.63) is 12.3 Å². The summed E-state index contributed by atoms with van der Waals surface area (Å²) in [4.78, 5) is 24.1. The number of carbonyl (C=O) groups excluding carboxylic acids is 2. The number of rotatable bonds is 2. The number of carbonyl (C=O) groups is 2. The third-order valence-corrected chi connectivity index (χ3v) is 2.25. The summed E-state index contributed by atoms with van der Waals surface area (Å²) < 4.78 is 9.33. The van der Waals surface area contributed by atoms with Crippen LogP contribution >= 0.6 is 0 Å². The molecule has 0 aromatic rings. The normalized spacial score (nSPS) is 24.1. The van der Waals surface area contributed by atoms with E-state index in [-0.39, 0.29) is 18.7 Å². The second-order valence-corrected chi connectivity index (χ2v) is 3.65. The number of aliphatic hydroxyl groups is 1. The minimum Gasteiger partial charge on any atom is -0.467 e. The number of allylic oxidation sites excluding steroid dienone is 1. The highest BCUT2D eigenvalue weighted by Crippen LogP contribution is 2.20. The molecule has 2 atom stereocenters. The van der Waals surface area contributed by atoms with E-state index in [0.717, 1.165) is 4.90 Å². The Kier molecular flexibility index (Phi) is 3.89. The molecule has 1 fully saturated rings. The van der Waals surface area contributed by atoms with Crippen LogP contribution in [0.1, 0.15) is 13.3 Å². The molecule has 0 unspecified atom stereocenters. The van der Waals surface area contributed by atoms with Crippen molar-refractivity contribution in [3.63, 3.8) is 0 Å². The lowest BCUT2D eigenvalue weighted by Crippen LogP contribution is -2.41. The maximum Gasteiger partial charge on any atom is 0.415 e. The first-order valence-corrected chi connectivity index (χ1v) is 4.85. The van der Waals surface area contributed by atoms with E-state index in [9.17, 15) is 14.7 Å². The summed E-state index contributed by atoms with van der Waals surface area (Å²) >= 11 is 0. The van der Waals surface area contributed by atoms with E-state index in [0.29, 0.717) is 0 Å². The highest BCUT2D eigenvalue weighted by atomic mass is 16.6. The Hall–Kier alpha value is -1.56. The fourth-order valence-corrected chi connectivity index (χ4v) is 1.58. The number of likely N-dealkylation sites (tertiary alicyclic amines) is 1. The number of ether oxygens (including phenoxy) is 2. The van der Waals surface area contributed by atoms with E-state index in [1.165, 1.54) is 14.0 Å². The first-order chi connectivity index (χ1) is 7.45. The van der Waals surface area contributed by atoms with Gasteiger partial charge < -0.3 is 14.6 Å². The van der Waals surface area contributed by atoms with Crippen LogP contribution < -0.4 is 0 Å². The predicted molar refractivity (Wildman–Crippen MR) is 54.4 cm³/mol. The van der Waals surface area contributed by atoms with Crippen LogP contribution in [0.25, 0.3) is 0 Å². The van der Waals surface area contributed by atoms with Gasteiger partial charge in [0.15, 0.2) is 0 Å². The van der Waals surface area contributed by atoms with Gasteiger partial charge in [-0.1, -0.05) is 6.58 Å². The van der Waals surface area contributed by atoms with Crippen molar-refractivity contribution in [1.82, 2.24) is 4.90 Å². The van der Waals surface area contributed by atoms with Crippen LogP contribution in [0.15, 0.2) is 12.3 Å². The zero-order valence-corrected chi connectivity index (χ0v) is 9.30. The first-order valence-electron chi connectivity index (χ1n) is 4.85. The Bertz CT molecular complexity index is 314. The summed E-state index contributed by atoms with van der Waals surface area (Å²) in [5.74, 6) is -0.328. The van der Waals surface area contributed by atoms with Crippen LogP contribution in [0.2, 0.25) is 0 Å². The molecular formula is C10H15NO5. The summed E-state index contributed by atoms with van der Waals surface area (Å²) in [6.07, 6.45) is -1.26. The highest BCUT2D eigenvalue weighted by Gasteiger charge is 2.40. The lowest BCUT2D eigenvalue weighted by atomic mass is 10.2. The average Bonchev–Trinajstić information content (AvgIpc) is 2.58. The van der Waals surface area contributed by atoms with Gasteiger partial charge >= 0.3 is 12.1 Å². The molecule has 1 N–H and O–H groups in total. The zero-order chi connectivity index (χ0) is 12.3. The van der Waals surface area contributed by atoms with Crippen molar-refractivity contribution < 1.29 is 24.2 Å². The summed E-state index contributed by atoms with van der Waals surface area (Å²) in [7, 11) is 1.23. The molecular weight excluding hydrogens is 214 g/mol. The fraction of sp³-hybridized carbons (Fsp3) is 0.600. The topological polar surface area (TPSA) is 76.1 Å². The molecule has 1 rings (SSSR count). The fourth-order valence-electron chi connectivity index (χ4n) is 1.58. The van der Waals surface area contributed by atoms with Crippen LogP contribution in [0.3, 0.4) is 0 Å². The molecule has 1 aliphatic heterocycles. The van der Waals surface area contributed by atoms with Gasteiger partial charge in [0.25, 0.3) is 0 Å². The lowest BCUT2D eigenvalue weighted by Gasteiger charge is -2.21. The summed E-state index contributed by atoms with van der Waals surface area (Å²) in [6.45, 7) is 5.01. The molecule has 1 aliphatic rings. The van der Waals surface area contributed by atoms with E-state index in [4.69, 9.17) is 4.74 Å². The molecule has 1 amide bonds. The predicted octanol–water partition coefficient (Wildman–Crippen LogP) is 0.265. The number of nitrogens with zero attached hydrogens (tertiary/aromatic N) is 1. The van der Waals surface area contributed by atoms with Crippen LogP contribution in [0.4, 0.5) is 4.79 Å². The molecule has 90 valence electrons. The second kappa shape index (κ2) is 4.98. The van der Waals surface area contributed by atoms with Crippen molar-refractivity contribution in [3.8, 4) is 0 Å². The van der Waals surface area contributed by atoms with Crippen molar-refractivity contribution >= 4 is 12.1 Å². The molecule has 1 heterocycles. The van der Waals surface area contributed by atoms with Gasteiger partial charge in [-0.15, -0.1) is 0 Å². The van der Waals surface area contributed by atoms with Crippen LogP contribution in [-0.4, -0.2) is 47.9 Å². The molecule has 1 saturated heterocycles. The maximum atomic E-state index is 11.6. The Balaban J connectivity index is 2.72. The Morgan fingerprint density at radius 1 is 1.50 bits per heavy atom. The SMILES string of the molecule is C=C(C)OC(=O)N1C[C@H](O)C[C@H]1C(=O)OC. The Morgan fingerprint density at radius 2 is 2.12 bits per heavy atom. The summed E-state index contributed by atoms with van der Waals surface area (Å²) in [6, 6.07) is -0.785. The van der Waals surface area contributed by atoms with Crippen molar-refractivity contribution in [2.75, 3.05) is 13.7 Å². The highest BCUT2D eigenvalue weighted by molar-refractivity contribution is 5.82. The molecule has 0 spiro atoms. The third-order valence-electron chi connectivity index (χ3n) is 2.25. The van der Waals surface area contributed by atoms with Crippen molar-refractivity contribution in [2.24, 2.45) is 0 Å². The smallest absolute Gasteiger partial charge is 0.415 e. The van der Waals surface area contributed by atoms with Gasteiger partial charge in [-0.25, -0.2) is 9.59 Å². The lowest BCUT2D eigenvalue weighted by molar-refractivity contribution is -0.145. The Labute approximate surface area is 93.4 Å². The van der Waals surface area contributed by atoms with Crippen LogP contribution in [0, 0.1) is 0 Å². The van der Waals surface area contributed by atoms with E-state index in [1.807, 2.05) is 0 Å². The largest absolute Gasteiger partial charge is 0.467 e. The van der Waals surface area contributed by atoms with Crippen LogP contribution in [0.5, 0.6) is 0 Å². The van der Waals surface area contributed by atoms with E-state index in [2.05, 4.69) is 11.3 Å². The molecule has 6 nitrogen and oxygen atoms in total. The summed E-state index contributed by atoms with van der Waals surface area (Å²) in [5, 5.41) is 9.42. The monoisotopic (exact) mass is 229 g/mol. The third kappa shape index (κ3) is 2.73. The van der Waals surface area contributed by atoms with Crippen LogP contribution in [-0.2, 0) is 14.3 Å².